The number of carboxylic acid groups (broad SMARTS) is 1. The minimum Gasteiger partial charge on any atom is -0.479 e. The molecule has 0 atom stereocenters. The first-order chi connectivity index (χ1) is 12.8. The van der Waals surface area contributed by atoms with Crippen LogP contribution in [0.1, 0.15) is 59.9 Å². The summed E-state index contributed by atoms with van der Waals surface area (Å²) in [5, 5.41) is 9.76. The molecular formula is C21H23NO5. The number of hydrogen-bond donors (Lipinski definition) is 1. The van der Waals surface area contributed by atoms with Gasteiger partial charge in [0.15, 0.2) is 11.5 Å². The Balaban J connectivity index is 1.83. The highest BCUT2D eigenvalue weighted by atomic mass is 16.4. The molecule has 1 aromatic heterocycles. The Labute approximate surface area is 157 Å². The lowest BCUT2D eigenvalue weighted by Crippen LogP contribution is -2.56. The monoisotopic (exact) mass is 369 g/mol. The number of Topliss-reactive ketones (excluding diaryl/α,β-unsaturated/α-hetero) is 1. The van der Waals surface area contributed by atoms with E-state index in [1.54, 1.807) is 36.4 Å². The van der Waals surface area contributed by atoms with E-state index < -0.39 is 17.4 Å². The molecule has 1 fully saturated rings. The van der Waals surface area contributed by atoms with Crippen molar-refractivity contribution in [2.24, 2.45) is 0 Å². The second-order valence-electron chi connectivity index (χ2n) is 7.06. The zero-order chi connectivity index (χ0) is 19.6. The highest BCUT2D eigenvalue weighted by Crippen LogP contribution is 2.34. The SMILES string of the molecule is CC(=O)c1ccc(-c2ccc(C(=O)N(C)C3(C(=O)O)CCCCC3)o2)cc1. The molecule has 0 bridgehead atoms. The average Bonchev–Trinajstić information content (AvgIpc) is 3.17. The summed E-state index contributed by atoms with van der Waals surface area (Å²) in [7, 11) is 1.53. The van der Waals surface area contributed by atoms with Gasteiger partial charge in [-0.15, -0.1) is 0 Å². The topological polar surface area (TPSA) is 87.8 Å². The molecule has 142 valence electrons. The van der Waals surface area contributed by atoms with Gasteiger partial charge in [-0.25, -0.2) is 4.79 Å². The van der Waals surface area contributed by atoms with Crippen LogP contribution in [-0.4, -0.2) is 40.3 Å². The van der Waals surface area contributed by atoms with Crippen molar-refractivity contribution < 1.29 is 23.9 Å². The van der Waals surface area contributed by atoms with Crippen molar-refractivity contribution in [3.63, 3.8) is 0 Å². The van der Waals surface area contributed by atoms with Crippen molar-refractivity contribution in [2.75, 3.05) is 7.05 Å². The van der Waals surface area contributed by atoms with E-state index in [1.165, 1.54) is 18.9 Å². The van der Waals surface area contributed by atoms with E-state index >= 15 is 0 Å². The number of carbonyl (C=O) groups is 3. The molecular weight excluding hydrogens is 346 g/mol. The molecule has 3 rings (SSSR count). The summed E-state index contributed by atoms with van der Waals surface area (Å²) < 4.78 is 5.70. The van der Waals surface area contributed by atoms with Crippen LogP contribution in [0.15, 0.2) is 40.8 Å². The van der Waals surface area contributed by atoms with Crippen LogP contribution >= 0.6 is 0 Å². The Morgan fingerprint density at radius 3 is 2.19 bits per heavy atom. The Morgan fingerprint density at radius 1 is 1.00 bits per heavy atom. The van der Waals surface area contributed by atoms with Gasteiger partial charge in [-0.1, -0.05) is 43.5 Å². The van der Waals surface area contributed by atoms with Crippen LogP contribution in [0.4, 0.5) is 0 Å². The first-order valence-corrected chi connectivity index (χ1v) is 9.08. The van der Waals surface area contributed by atoms with Gasteiger partial charge in [-0.3, -0.25) is 9.59 Å². The first kappa shape index (κ1) is 18.9. The summed E-state index contributed by atoms with van der Waals surface area (Å²) in [6, 6.07) is 10.2. The molecule has 27 heavy (non-hydrogen) atoms. The Hall–Kier alpha value is -2.89. The van der Waals surface area contributed by atoms with E-state index in [9.17, 15) is 19.5 Å². The number of aliphatic carboxylic acids is 1. The standard InChI is InChI=1S/C21H23NO5/c1-14(23)15-6-8-16(9-7-15)17-10-11-18(27-17)19(24)22(2)21(20(25)26)12-4-3-5-13-21/h6-11H,3-5,12-13H2,1-2H3,(H,25,26). The van der Waals surface area contributed by atoms with Gasteiger partial charge in [0, 0.05) is 18.2 Å². The molecule has 2 aromatic rings. The second kappa shape index (κ2) is 7.39. The van der Waals surface area contributed by atoms with Crippen molar-refractivity contribution in [2.45, 2.75) is 44.6 Å². The molecule has 1 heterocycles. The van der Waals surface area contributed by atoms with Crippen LogP contribution in [0.3, 0.4) is 0 Å². The van der Waals surface area contributed by atoms with Gasteiger partial charge in [0.25, 0.3) is 5.91 Å². The predicted molar refractivity (Wildman–Crippen MR) is 99.7 cm³/mol. The van der Waals surface area contributed by atoms with Crippen LogP contribution in [0.5, 0.6) is 0 Å². The maximum Gasteiger partial charge on any atom is 0.329 e. The van der Waals surface area contributed by atoms with Gasteiger partial charge in [0.1, 0.15) is 11.3 Å². The quantitative estimate of drug-likeness (QED) is 0.805. The van der Waals surface area contributed by atoms with Crippen molar-refractivity contribution in [3.05, 3.63) is 47.7 Å². The van der Waals surface area contributed by atoms with Crippen molar-refractivity contribution >= 4 is 17.7 Å². The number of nitrogens with zero attached hydrogens (tertiary/aromatic N) is 1. The Bertz CT molecular complexity index is 859. The number of amides is 1. The smallest absolute Gasteiger partial charge is 0.329 e. The number of benzene rings is 1. The first-order valence-electron chi connectivity index (χ1n) is 9.08. The maximum atomic E-state index is 12.9. The lowest BCUT2D eigenvalue weighted by atomic mass is 9.80. The summed E-state index contributed by atoms with van der Waals surface area (Å²) in [5.74, 6) is -0.829. The van der Waals surface area contributed by atoms with Gasteiger partial charge >= 0.3 is 5.97 Å². The van der Waals surface area contributed by atoms with E-state index in [2.05, 4.69) is 0 Å². The molecule has 1 N–H and O–H groups in total. The number of likely N-dealkylation sites (N-methyl/N-ethyl adjacent to an activating group) is 1. The van der Waals surface area contributed by atoms with Crippen molar-refractivity contribution in [3.8, 4) is 11.3 Å². The average molecular weight is 369 g/mol. The number of ketones is 1. The number of rotatable bonds is 5. The summed E-state index contributed by atoms with van der Waals surface area (Å²) in [6.07, 6.45) is 3.46. The van der Waals surface area contributed by atoms with Crippen LogP contribution < -0.4 is 0 Å². The van der Waals surface area contributed by atoms with E-state index in [4.69, 9.17) is 4.42 Å². The lowest BCUT2D eigenvalue weighted by Gasteiger charge is -2.40. The third-order valence-electron chi connectivity index (χ3n) is 5.42. The fourth-order valence-electron chi connectivity index (χ4n) is 3.67. The van der Waals surface area contributed by atoms with Gasteiger partial charge in [0.05, 0.1) is 0 Å². The van der Waals surface area contributed by atoms with Gasteiger partial charge < -0.3 is 14.4 Å². The minimum absolute atomic E-state index is 0.0232. The molecule has 1 amide bonds. The molecule has 6 nitrogen and oxygen atoms in total. The second-order valence-corrected chi connectivity index (χ2v) is 7.06. The van der Waals surface area contributed by atoms with Gasteiger partial charge in [-0.05, 0) is 31.9 Å². The summed E-state index contributed by atoms with van der Waals surface area (Å²) in [5.41, 5.74) is 0.167. The zero-order valence-corrected chi connectivity index (χ0v) is 15.5. The summed E-state index contributed by atoms with van der Waals surface area (Å²) in [4.78, 5) is 37.5. The number of carboxylic acids is 1. The fraction of sp³-hybridized carbons (Fsp3) is 0.381. The largest absolute Gasteiger partial charge is 0.479 e. The number of furan rings is 1. The molecule has 0 aliphatic heterocycles. The normalized spacial score (nSPS) is 15.9. The maximum absolute atomic E-state index is 12.9. The molecule has 0 spiro atoms. The van der Waals surface area contributed by atoms with E-state index in [0.29, 0.717) is 24.2 Å². The summed E-state index contributed by atoms with van der Waals surface area (Å²) >= 11 is 0. The number of carbonyl (C=O) groups excluding carboxylic acids is 2. The van der Waals surface area contributed by atoms with Crippen molar-refractivity contribution in [1.29, 1.82) is 0 Å². The molecule has 1 aromatic carbocycles. The highest BCUT2D eigenvalue weighted by molar-refractivity contribution is 5.96. The zero-order valence-electron chi connectivity index (χ0n) is 15.5. The van der Waals surface area contributed by atoms with Gasteiger partial charge in [-0.2, -0.15) is 0 Å². The molecule has 6 heteroatoms. The van der Waals surface area contributed by atoms with E-state index in [-0.39, 0.29) is 11.5 Å². The third kappa shape index (κ3) is 3.52. The predicted octanol–water partition coefficient (Wildman–Crippen LogP) is 4.01. The van der Waals surface area contributed by atoms with Crippen LogP contribution in [0, 0.1) is 0 Å². The Morgan fingerprint density at radius 2 is 1.63 bits per heavy atom. The minimum atomic E-state index is -1.18. The molecule has 0 radical (unpaired) electrons. The van der Waals surface area contributed by atoms with Gasteiger partial charge in [0.2, 0.25) is 0 Å². The molecule has 0 unspecified atom stereocenters. The number of hydrogen-bond acceptors (Lipinski definition) is 4. The Kier molecular flexibility index (Phi) is 5.17. The highest BCUT2D eigenvalue weighted by Gasteiger charge is 2.46. The van der Waals surface area contributed by atoms with Crippen LogP contribution in [-0.2, 0) is 4.79 Å². The summed E-state index contributed by atoms with van der Waals surface area (Å²) in [6.45, 7) is 1.50. The fourth-order valence-corrected chi connectivity index (χ4v) is 3.67. The van der Waals surface area contributed by atoms with E-state index in [1.807, 2.05) is 0 Å². The van der Waals surface area contributed by atoms with Crippen LogP contribution in [0.2, 0.25) is 0 Å². The molecule has 0 saturated heterocycles. The molecule has 1 aliphatic carbocycles. The van der Waals surface area contributed by atoms with Crippen LogP contribution in [0.25, 0.3) is 11.3 Å². The third-order valence-corrected chi connectivity index (χ3v) is 5.42. The van der Waals surface area contributed by atoms with E-state index in [0.717, 1.165) is 24.8 Å². The lowest BCUT2D eigenvalue weighted by molar-refractivity contribution is -0.151. The molecule has 1 saturated carbocycles. The van der Waals surface area contributed by atoms with Crippen molar-refractivity contribution in [1.82, 2.24) is 4.90 Å². The molecule has 1 aliphatic rings.